The Morgan fingerprint density at radius 1 is 1.50 bits per heavy atom. The minimum atomic E-state index is -0.466. The average Bonchev–Trinajstić information content (AvgIpc) is 2.52. The van der Waals surface area contributed by atoms with Gasteiger partial charge in [-0.05, 0) is 32.4 Å². The monoisotopic (exact) mass is 198 g/mol. The number of hydrogen-bond acceptors (Lipinski definition) is 3. The predicted octanol–water partition coefficient (Wildman–Crippen LogP) is 2.00. The van der Waals surface area contributed by atoms with Gasteiger partial charge in [-0.3, -0.25) is 0 Å². The lowest BCUT2D eigenvalue weighted by Gasteiger charge is -2.21. The zero-order valence-electron chi connectivity index (χ0n) is 8.99. The molecule has 0 saturated heterocycles. The molecule has 0 aliphatic carbocycles. The predicted molar refractivity (Wildman–Crippen MR) is 54.1 cm³/mol. The molecule has 0 fully saturated rings. The van der Waals surface area contributed by atoms with E-state index in [4.69, 9.17) is 9.15 Å². The van der Waals surface area contributed by atoms with Gasteiger partial charge in [-0.15, -0.1) is 0 Å². The maximum atomic E-state index is 9.62. The van der Waals surface area contributed by atoms with Gasteiger partial charge in [-0.1, -0.05) is 0 Å². The van der Waals surface area contributed by atoms with Gasteiger partial charge in [-0.25, -0.2) is 0 Å². The molecule has 1 unspecified atom stereocenters. The van der Waals surface area contributed by atoms with Crippen molar-refractivity contribution >= 4 is 0 Å². The van der Waals surface area contributed by atoms with Crippen LogP contribution in [-0.4, -0.2) is 23.4 Å². The average molecular weight is 198 g/mol. The molecule has 1 rings (SSSR count). The SMILES string of the molecule is CC(C)(C)OCC(O)Cc1ccoc1. The summed E-state index contributed by atoms with van der Waals surface area (Å²) in [6, 6.07) is 1.85. The normalized spacial score (nSPS) is 14.3. The van der Waals surface area contributed by atoms with Crippen LogP contribution in [0.5, 0.6) is 0 Å². The number of furan rings is 1. The molecule has 0 aliphatic heterocycles. The van der Waals surface area contributed by atoms with E-state index in [0.29, 0.717) is 13.0 Å². The highest BCUT2D eigenvalue weighted by molar-refractivity contribution is 5.06. The summed E-state index contributed by atoms with van der Waals surface area (Å²) in [4.78, 5) is 0. The third kappa shape index (κ3) is 4.44. The van der Waals surface area contributed by atoms with Gasteiger partial charge in [0.15, 0.2) is 0 Å². The van der Waals surface area contributed by atoms with Gasteiger partial charge in [0, 0.05) is 6.42 Å². The molecule has 0 radical (unpaired) electrons. The van der Waals surface area contributed by atoms with Crippen molar-refractivity contribution in [2.24, 2.45) is 0 Å². The smallest absolute Gasteiger partial charge is 0.0935 e. The summed E-state index contributed by atoms with van der Waals surface area (Å²) in [5.41, 5.74) is 0.798. The van der Waals surface area contributed by atoms with Crippen molar-refractivity contribution < 1.29 is 14.3 Å². The van der Waals surface area contributed by atoms with Crippen LogP contribution in [0.1, 0.15) is 26.3 Å². The van der Waals surface area contributed by atoms with Crippen molar-refractivity contribution in [3.63, 3.8) is 0 Å². The molecule has 1 atom stereocenters. The van der Waals surface area contributed by atoms with E-state index in [1.165, 1.54) is 0 Å². The Balaban J connectivity index is 2.26. The third-order valence-corrected chi connectivity index (χ3v) is 1.76. The van der Waals surface area contributed by atoms with E-state index in [9.17, 15) is 5.11 Å². The first-order valence-corrected chi connectivity index (χ1v) is 4.80. The Morgan fingerprint density at radius 3 is 2.71 bits per heavy atom. The van der Waals surface area contributed by atoms with Crippen LogP contribution in [0.25, 0.3) is 0 Å². The Morgan fingerprint density at radius 2 is 2.21 bits per heavy atom. The van der Waals surface area contributed by atoms with Gasteiger partial charge in [0.2, 0.25) is 0 Å². The maximum Gasteiger partial charge on any atom is 0.0935 e. The molecule has 0 spiro atoms. The van der Waals surface area contributed by atoms with Crippen LogP contribution in [-0.2, 0) is 11.2 Å². The Labute approximate surface area is 84.7 Å². The van der Waals surface area contributed by atoms with E-state index < -0.39 is 6.10 Å². The fourth-order valence-electron chi connectivity index (χ4n) is 1.09. The standard InChI is InChI=1S/C11H18O3/c1-11(2,3)14-8-10(12)6-9-4-5-13-7-9/h4-5,7,10,12H,6,8H2,1-3H3. The molecule has 1 aromatic rings. The quantitative estimate of drug-likeness (QED) is 0.804. The van der Waals surface area contributed by atoms with Gasteiger partial charge in [-0.2, -0.15) is 0 Å². The summed E-state index contributed by atoms with van der Waals surface area (Å²) >= 11 is 0. The molecular formula is C11H18O3. The van der Waals surface area contributed by atoms with Crippen LogP contribution in [0.3, 0.4) is 0 Å². The molecule has 0 amide bonds. The van der Waals surface area contributed by atoms with Crippen molar-refractivity contribution in [2.45, 2.75) is 38.9 Å². The van der Waals surface area contributed by atoms with E-state index in [2.05, 4.69) is 0 Å². The highest BCUT2D eigenvalue weighted by Gasteiger charge is 2.14. The second kappa shape index (κ2) is 4.62. The summed E-state index contributed by atoms with van der Waals surface area (Å²) in [6.07, 6.45) is 3.35. The van der Waals surface area contributed by atoms with E-state index in [-0.39, 0.29) is 5.60 Å². The van der Waals surface area contributed by atoms with Crippen LogP contribution in [0.4, 0.5) is 0 Å². The molecule has 3 heteroatoms. The van der Waals surface area contributed by atoms with Crippen LogP contribution in [0, 0.1) is 0 Å². The highest BCUT2D eigenvalue weighted by Crippen LogP contribution is 2.09. The van der Waals surface area contributed by atoms with Crippen LogP contribution >= 0.6 is 0 Å². The Hall–Kier alpha value is -0.800. The Kier molecular flexibility index (Phi) is 3.72. The first kappa shape index (κ1) is 11.3. The zero-order chi connectivity index (χ0) is 10.6. The molecule has 1 N–H and O–H groups in total. The minimum absolute atomic E-state index is 0.197. The summed E-state index contributed by atoms with van der Waals surface area (Å²) < 4.78 is 10.4. The van der Waals surface area contributed by atoms with Crippen LogP contribution < -0.4 is 0 Å². The van der Waals surface area contributed by atoms with Crippen molar-refractivity contribution in [3.05, 3.63) is 24.2 Å². The van der Waals surface area contributed by atoms with Gasteiger partial charge >= 0.3 is 0 Å². The molecule has 0 aliphatic rings. The molecule has 1 aromatic heterocycles. The molecule has 80 valence electrons. The molecule has 0 aromatic carbocycles. The molecule has 3 nitrogen and oxygen atoms in total. The summed E-state index contributed by atoms with van der Waals surface area (Å²) in [5, 5.41) is 9.62. The van der Waals surface area contributed by atoms with E-state index in [1.54, 1.807) is 12.5 Å². The maximum absolute atomic E-state index is 9.62. The molecule has 14 heavy (non-hydrogen) atoms. The van der Waals surface area contributed by atoms with Crippen LogP contribution in [0.2, 0.25) is 0 Å². The molecule has 0 bridgehead atoms. The molecule has 1 heterocycles. The number of aliphatic hydroxyl groups is 1. The first-order valence-electron chi connectivity index (χ1n) is 4.80. The fourth-order valence-corrected chi connectivity index (χ4v) is 1.09. The van der Waals surface area contributed by atoms with Gasteiger partial charge in [0.25, 0.3) is 0 Å². The Bertz CT molecular complexity index is 246. The van der Waals surface area contributed by atoms with Gasteiger partial charge < -0.3 is 14.3 Å². The van der Waals surface area contributed by atoms with Crippen molar-refractivity contribution in [1.82, 2.24) is 0 Å². The third-order valence-electron chi connectivity index (χ3n) is 1.76. The van der Waals surface area contributed by atoms with Gasteiger partial charge in [0.05, 0.1) is 30.8 Å². The van der Waals surface area contributed by atoms with Gasteiger partial charge in [0.1, 0.15) is 0 Å². The topological polar surface area (TPSA) is 42.6 Å². The second-order valence-electron chi connectivity index (χ2n) is 4.41. The number of ether oxygens (including phenoxy) is 1. The van der Waals surface area contributed by atoms with E-state index >= 15 is 0 Å². The summed E-state index contributed by atoms with van der Waals surface area (Å²) in [7, 11) is 0. The summed E-state index contributed by atoms with van der Waals surface area (Å²) in [5.74, 6) is 0. The second-order valence-corrected chi connectivity index (χ2v) is 4.41. The number of rotatable bonds is 4. The van der Waals surface area contributed by atoms with E-state index in [1.807, 2.05) is 26.8 Å². The van der Waals surface area contributed by atoms with E-state index in [0.717, 1.165) is 5.56 Å². The lowest BCUT2D eigenvalue weighted by molar-refractivity contribution is -0.0482. The van der Waals surface area contributed by atoms with Crippen molar-refractivity contribution in [3.8, 4) is 0 Å². The molecular weight excluding hydrogens is 180 g/mol. The van der Waals surface area contributed by atoms with Crippen molar-refractivity contribution in [1.29, 1.82) is 0 Å². The summed E-state index contributed by atoms with van der Waals surface area (Å²) in [6.45, 7) is 6.27. The van der Waals surface area contributed by atoms with Crippen LogP contribution in [0.15, 0.2) is 23.0 Å². The lowest BCUT2D eigenvalue weighted by atomic mass is 10.1. The van der Waals surface area contributed by atoms with Crippen molar-refractivity contribution in [2.75, 3.05) is 6.61 Å². The minimum Gasteiger partial charge on any atom is -0.472 e. The number of hydrogen-bond donors (Lipinski definition) is 1. The highest BCUT2D eigenvalue weighted by atomic mass is 16.5. The fraction of sp³-hybridized carbons (Fsp3) is 0.636. The number of aliphatic hydroxyl groups excluding tert-OH is 1. The first-order chi connectivity index (χ1) is 6.47. The lowest BCUT2D eigenvalue weighted by Crippen LogP contribution is -2.27. The molecule has 0 saturated carbocycles. The zero-order valence-corrected chi connectivity index (χ0v) is 8.99. The largest absolute Gasteiger partial charge is 0.472 e.